The van der Waals surface area contributed by atoms with Crippen molar-refractivity contribution in [3.8, 4) is 0 Å². The van der Waals surface area contributed by atoms with Gasteiger partial charge < -0.3 is 0 Å². The molecule has 1 amide bonds. The number of halogens is 1. The van der Waals surface area contributed by atoms with E-state index in [-0.39, 0.29) is 27.1 Å². The van der Waals surface area contributed by atoms with Gasteiger partial charge in [0, 0.05) is 0 Å². The van der Waals surface area contributed by atoms with Crippen molar-refractivity contribution in [2.24, 2.45) is 0 Å². The molecule has 0 bridgehead atoms. The average Bonchev–Trinajstić information content (AvgIpc) is 2.61. The van der Waals surface area contributed by atoms with Crippen LogP contribution in [0.25, 0.3) is 0 Å². The van der Waals surface area contributed by atoms with Crippen molar-refractivity contribution in [1.82, 2.24) is 0 Å². The van der Waals surface area contributed by atoms with E-state index in [2.05, 4.69) is 54.7 Å². The second-order valence-electron chi connectivity index (χ2n) is 5.96. The number of unbranched alkanes of at least 4 members (excludes halogenated alkanes) is 5. The van der Waals surface area contributed by atoms with Crippen molar-refractivity contribution in [2.75, 3.05) is 5.32 Å². The number of anilines is 1. The quantitative estimate of drug-likeness (QED) is 0.450. The van der Waals surface area contributed by atoms with E-state index in [0.29, 0.717) is 6.42 Å². The first-order valence-electron chi connectivity index (χ1n) is 8.87. The summed E-state index contributed by atoms with van der Waals surface area (Å²) in [4.78, 5) is 12.0. The molecule has 0 heterocycles. The van der Waals surface area contributed by atoms with E-state index in [4.69, 9.17) is 0 Å². The molecule has 2 rings (SSSR count). The summed E-state index contributed by atoms with van der Waals surface area (Å²) in [5.74, 6) is 0.135. The zero-order valence-corrected chi connectivity index (χ0v) is 16.6. The Morgan fingerprint density at radius 3 is 2.17 bits per heavy atom. The van der Waals surface area contributed by atoms with Gasteiger partial charge in [0.1, 0.15) is 0 Å². The van der Waals surface area contributed by atoms with Gasteiger partial charge in [-0.05, 0) is 0 Å². The summed E-state index contributed by atoms with van der Waals surface area (Å²) in [6, 6.07) is 18.9. The van der Waals surface area contributed by atoms with E-state index in [1.807, 2.05) is 12.1 Å². The Hall–Kier alpha value is -1.36. The van der Waals surface area contributed by atoms with Crippen LogP contribution in [0.15, 0.2) is 54.6 Å². The van der Waals surface area contributed by atoms with Crippen molar-refractivity contribution in [3.63, 3.8) is 0 Å². The van der Waals surface area contributed by atoms with E-state index in [9.17, 15) is 4.79 Å². The molecule has 24 heavy (non-hydrogen) atoms. The second-order valence-corrected chi connectivity index (χ2v) is 8.99. The zero-order chi connectivity index (χ0) is 17.0. The summed E-state index contributed by atoms with van der Waals surface area (Å²) in [5, 5.41) is 3.01. The summed E-state index contributed by atoms with van der Waals surface area (Å²) < 4.78 is 2.78. The van der Waals surface area contributed by atoms with Gasteiger partial charge in [-0.3, -0.25) is 0 Å². The molecule has 130 valence electrons. The van der Waals surface area contributed by atoms with Gasteiger partial charge in [0.05, 0.1) is 0 Å². The first-order chi connectivity index (χ1) is 11.8. The Balaban J connectivity index is 1.70. The van der Waals surface area contributed by atoms with Crippen LogP contribution in [-0.4, -0.2) is 5.91 Å². The summed E-state index contributed by atoms with van der Waals surface area (Å²) >= 11 is -0.136. The van der Waals surface area contributed by atoms with Crippen LogP contribution in [0.1, 0.15) is 51.9 Å². The molecular formula is C21H27INO-. The summed E-state index contributed by atoms with van der Waals surface area (Å²) in [6.07, 6.45) is 7.90. The number of benzene rings is 2. The van der Waals surface area contributed by atoms with E-state index in [1.165, 1.54) is 32.8 Å². The minimum atomic E-state index is -0.136. The monoisotopic (exact) mass is 436 g/mol. The molecule has 0 aliphatic rings. The van der Waals surface area contributed by atoms with Crippen LogP contribution in [0.2, 0.25) is 0 Å². The molecule has 2 aromatic carbocycles. The molecule has 2 aromatic rings. The number of nitrogens with one attached hydrogen (secondary N) is 1. The van der Waals surface area contributed by atoms with Crippen LogP contribution >= 0.6 is 0 Å². The van der Waals surface area contributed by atoms with Crippen LogP contribution in [0.4, 0.5) is 5.69 Å². The molecule has 0 atom stereocenters. The summed E-state index contributed by atoms with van der Waals surface area (Å²) in [6.45, 7) is 2.22. The number of hydrogen-bond donors (Lipinski definition) is 1. The molecule has 1 N–H and O–H groups in total. The van der Waals surface area contributed by atoms with Gasteiger partial charge in [-0.2, -0.15) is 0 Å². The Morgan fingerprint density at radius 2 is 1.46 bits per heavy atom. The van der Waals surface area contributed by atoms with E-state index < -0.39 is 0 Å². The molecule has 0 spiro atoms. The van der Waals surface area contributed by atoms with Crippen LogP contribution in [0, 0.1) is 7.14 Å². The molecule has 0 saturated carbocycles. The number of hydrogen-bond acceptors (Lipinski definition) is 1. The SMILES string of the molecule is CCCCCCCCC(=O)Nc1ccc([I-]c2ccccc2)cc1. The number of carbonyl (C=O) groups excluding carboxylic acids is 1. The molecule has 0 aliphatic carbocycles. The minimum absolute atomic E-state index is 0.135. The molecular weight excluding hydrogens is 409 g/mol. The van der Waals surface area contributed by atoms with Crippen LogP contribution in [0.3, 0.4) is 0 Å². The third-order valence-electron chi connectivity index (χ3n) is 3.84. The third kappa shape index (κ3) is 7.47. The summed E-state index contributed by atoms with van der Waals surface area (Å²) in [7, 11) is 0. The molecule has 0 fully saturated rings. The number of rotatable bonds is 10. The van der Waals surface area contributed by atoms with Crippen molar-refractivity contribution in [1.29, 1.82) is 0 Å². The van der Waals surface area contributed by atoms with Crippen molar-refractivity contribution in [3.05, 3.63) is 61.7 Å². The molecule has 0 aromatic heterocycles. The van der Waals surface area contributed by atoms with Crippen LogP contribution in [-0.2, 0) is 4.79 Å². The number of amides is 1. The second kappa shape index (κ2) is 11.2. The average molecular weight is 436 g/mol. The van der Waals surface area contributed by atoms with Crippen molar-refractivity contribution >= 4 is 11.6 Å². The first-order valence-corrected chi connectivity index (χ1v) is 11.0. The molecule has 0 aliphatic heterocycles. The van der Waals surface area contributed by atoms with Gasteiger partial charge in [0.2, 0.25) is 0 Å². The van der Waals surface area contributed by atoms with E-state index >= 15 is 0 Å². The van der Waals surface area contributed by atoms with Gasteiger partial charge in [-0.25, -0.2) is 0 Å². The Bertz CT molecular complexity index is 595. The zero-order valence-electron chi connectivity index (χ0n) is 14.4. The molecule has 3 heteroatoms. The van der Waals surface area contributed by atoms with Crippen LogP contribution < -0.4 is 26.5 Å². The predicted molar refractivity (Wildman–Crippen MR) is 96.9 cm³/mol. The topological polar surface area (TPSA) is 29.1 Å². The molecule has 0 saturated heterocycles. The predicted octanol–water partition coefficient (Wildman–Crippen LogP) is 2.50. The Kier molecular flexibility index (Phi) is 8.88. The summed E-state index contributed by atoms with van der Waals surface area (Å²) in [5.41, 5.74) is 0.909. The van der Waals surface area contributed by atoms with Gasteiger partial charge >= 0.3 is 143 Å². The van der Waals surface area contributed by atoms with Gasteiger partial charge in [-0.1, -0.05) is 13.3 Å². The first kappa shape index (κ1) is 19.0. The fourth-order valence-corrected chi connectivity index (χ4v) is 4.70. The van der Waals surface area contributed by atoms with Gasteiger partial charge in [-0.15, -0.1) is 0 Å². The van der Waals surface area contributed by atoms with Crippen molar-refractivity contribution < 1.29 is 26.0 Å². The number of carbonyl (C=O) groups is 1. The normalized spacial score (nSPS) is 10.7. The Morgan fingerprint density at radius 1 is 0.833 bits per heavy atom. The van der Waals surface area contributed by atoms with Gasteiger partial charge in [0.15, 0.2) is 0 Å². The Labute approximate surface area is 156 Å². The van der Waals surface area contributed by atoms with Gasteiger partial charge in [0.25, 0.3) is 0 Å². The molecule has 2 nitrogen and oxygen atoms in total. The molecule has 0 unspecified atom stereocenters. The van der Waals surface area contributed by atoms with E-state index in [0.717, 1.165) is 18.5 Å². The van der Waals surface area contributed by atoms with Crippen LogP contribution in [0.5, 0.6) is 0 Å². The molecule has 0 radical (unpaired) electrons. The maximum absolute atomic E-state index is 12.0. The third-order valence-corrected chi connectivity index (χ3v) is 6.52. The standard InChI is InChI=1S/C21H27INO/c1-2-3-4-5-6-10-13-21(24)23-20-16-14-19(15-17-20)22-18-11-8-7-9-12-18/h7-9,11-12,14-17H,2-6,10,13H2,1H3,(H,23,24)/q-1. The fourth-order valence-electron chi connectivity index (χ4n) is 2.49. The fraction of sp³-hybridized carbons (Fsp3) is 0.381. The van der Waals surface area contributed by atoms with E-state index in [1.54, 1.807) is 0 Å². The maximum atomic E-state index is 12.0. The van der Waals surface area contributed by atoms with Crippen molar-refractivity contribution in [2.45, 2.75) is 51.9 Å².